The summed E-state index contributed by atoms with van der Waals surface area (Å²) in [4.78, 5) is 10.9. The molecule has 2 nitrogen and oxygen atoms in total. The summed E-state index contributed by atoms with van der Waals surface area (Å²) in [6, 6.07) is 9.54. The van der Waals surface area contributed by atoms with E-state index in [1.54, 1.807) is 6.92 Å². The van der Waals surface area contributed by atoms with Crippen molar-refractivity contribution in [2.45, 2.75) is 18.4 Å². The maximum Gasteiger partial charge on any atom is 0.306 e. The summed E-state index contributed by atoms with van der Waals surface area (Å²) in [7, 11) is 0. The summed E-state index contributed by atoms with van der Waals surface area (Å²) in [5.41, 5.74) is 0.948. The van der Waals surface area contributed by atoms with E-state index in [0.717, 1.165) is 5.56 Å². The lowest BCUT2D eigenvalue weighted by molar-refractivity contribution is -0.144. The van der Waals surface area contributed by atoms with E-state index in [1.807, 2.05) is 30.3 Å². The number of benzene rings is 1. The van der Waals surface area contributed by atoms with Crippen molar-refractivity contribution in [3.05, 3.63) is 35.9 Å². The van der Waals surface area contributed by atoms with Crippen LogP contribution in [0.5, 0.6) is 0 Å². The molecule has 70 valence electrons. The molecule has 0 aromatic heterocycles. The van der Waals surface area contributed by atoms with Crippen LogP contribution in [0.3, 0.4) is 0 Å². The van der Waals surface area contributed by atoms with Crippen LogP contribution in [0.2, 0.25) is 0 Å². The molecule has 3 heteroatoms. The summed E-state index contributed by atoms with van der Waals surface area (Å²) in [5.74, 6) is -0.203. The molecule has 0 N–H and O–H groups in total. The molecule has 0 fully saturated rings. The van der Waals surface area contributed by atoms with Crippen molar-refractivity contribution in [3.8, 4) is 0 Å². The van der Waals surface area contributed by atoms with Crippen molar-refractivity contribution in [2.24, 2.45) is 0 Å². The maximum atomic E-state index is 10.9. The summed E-state index contributed by atoms with van der Waals surface area (Å²) in [5, 5.41) is -0.332. The van der Waals surface area contributed by atoms with Crippen LogP contribution in [-0.4, -0.2) is 5.97 Å². The Labute approximate surface area is 86.0 Å². The number of rotatable bonds is 3. The van der Waals surface area contributed by atoms with Crippen molar-refractivity contribution in [3.63, 3.8) is 0 Å². The highest BCUT2D eigenvalue weighted by molar-refractivity contribution is 9.09. The Bertz CT molecular complexity index is 272. The summed E-state index contributed by atoms with van der Waals surface area (Å²) < 4.78 is 5.06. The zero-order valence-corrected chi connectivity index (χ0v) is 8.95. The number of carbonyl (C=O) groups is 1. The first kappa shape index (κ1) is 10.3. The van der Waals surface area contributed by atoms with Crippen LogP contribution in [0.15, 0.2) is 30.3 Å². The monoisotopic (exact) mass is 242 g/mol. The van der Waals surface area contributed by atoms with E-state index in [1.165, 1.54) is 0 Å². The number of carbonyl (C=O) groups excluding carboxylic acids is 1. The summed E-state index contributed by atoms with van der Waals surface area (Å²) >= 11 is 3.28. The van der Waals surface area contributed by atoms with Crippen LogP contribution in [-0.2, 0) is 9.53 Å². The summed E-state index contributed by atoms with van der Waals surface area (Å²) in [6.45, 7) is 1.77. The Kier molecular flexibility index (Phi) is 3.96. The Balaban J connectivity index is 2.59. The lowest BCUT2D eigenvalue weighted by Crippen LogP contribution is -2.04. The fourth-order valence-corrected chi connectivity index (χ4v) is 1.38. The molecule has 1 rings (SSSR count). The van der Waals surface area contributed by atoms with E-state index in [0.29, 0.717) is 6.42 Å². The first-order valence-electron chi connectivity index (χ1n) is 4.12. The Morgan fingerprint density at radius 1 is 1.46 bits per heavy atom. The van der Waals surface area contributed by atoms with Crippen molar-refractivity contribution >= 4 is 21.9 Å². The van der Waals surface area contributed by atoms with Crippen molar-refractivity contribution < 1.29 is 9.53 Å². The molecule has 0 amide bonds. The lowest BCUT2D eigenvalue weighted by atomic mass is 10.2. The first-order valence-corrected chi connectivity index (χ1v) is 5.04. The Hall–Kier alpha value is -0.830. The number of hydrogen-bond acceptors (Lipinski definition) is 2. The molecule has 0 bridgehead atoms. The van der Waals surface area contributed by atoms with E-state index in [4.69, 9.17) is 4.74 Å². The van der Waals surface area contributed by atoms with Gasteiger partial charge >= 0.3 is 5.97 Å². The fourth-order valence-electron chi connectivity index (χ4n) is 0.871. The quantitative estimate of drug-likeness (QED) is 0.602. The van der Waals surface area contributed by atoms with Crippen molar-refractivity contribution in [2.75, 3.05) is 0 Å². The number of halogens is 1. The first-order chi connectivity index (χ1) is 6.24. The molecule has 1 atom stereocenters. The second-order valence-electron chi connectivity index (χ2n) is 2.57. The Morgan fingerprint density at radius 3 is 2.62 bits per heavy atom. The predicted molar refractivity (Wildman–Crippen MR) is 54.5 cm³/mol. The minimum Gasteiger partial charge on any atom is -0.446 e. The molecule has 1 aromatic rings. The van der Waals surface area contributed by atoms with Crippen LogP contribution >= 0.6 is 15.9 Å². The average molecular weight is 243 g/mol. The minimum absolute atomic E-state index is 0.203. The van der Waals surface area contributed by atoms with Gasteiger partial charge < -0.3 is 4.74 Å². The SMILES string of the molecule is CCC(=O)OC(Br)c1ccccc1. The highest BCUT2D eigenvalue weighted by Gasteiger charge is 2.10. The van der Waals surface area contributed by atoms with E-state index >= 15 is 0 Å². The molecular weight excluding hydrogens is 232 g/mol. The van der Waals surface area contributed by atoms with Gasteiger partial charge in [-0.1, -0.05) is 37.3 Å². The molecule has 0 aliphatic rings. The third-order valence-electron chi connectivity index (χ3n) is 1.59. The molecule has 0 aliphatic carbocycles. The molecule has 0 radical (unpaired) electrons. The van der Waals surface area contributed by atoms with E-state index in [-0.39, 0.29) is 11.0 Å². The third kappa shape index (κ3) is 3.19. The van der Waals surface area contributed by atoms with E-state index in [9.17, 15) is 4.79 Å². The molecule has 1 aromatic carbocycles. The van der Waals surface area contributed by atoms with Crippen LogP contribution in [0.1, 0.15) is 23.9 Å². The van der Waals surface area contributed by atoms with Gasteiger partial charge in [-0.2, -0.15) is 0 Å². The molecule has 1 unspecified atom stereocenters. The van der Waals surface area contributed by atoms with Gasteiger partial charge in [0, 0.05) is 12.0 Å². The van der Waals surface area contributed by atoms with E-state index in [2.05, 4.69) is 15.9 Å². The second-order valence-corrected chi connectivity index (χ2v) is 3.40. The second kappa shape index (κ2) is 5.02. The van der Waals surface area contributed by atoms with Crippen LogP contribution in [0.25, 0.3) is 0 Å². The number of alkyl halides is 1. The van der Waals surface area contributed by atoms with Gasteiger partial charge in [-0.15, -0.1) is 0 Å². The molecule has 0 saturated heterocycles. The van der Waals surface area contributed by atoms with Gasteiger partial charge in [-0.05, 0) is 15.9 Å². The van der Waals surface area contributed by atoms with E-state index < -0.39 is 0 Å². The van der Waals surface area contributed by atoms with Gasteiger partial charge in [-0.25, -0.2) is 0 Å². The maximum absolute atomic E-state index is 10.9. The Morgan fingerprint density at radius 2 is 2.08 bits per heavy atom. The predicted octanol–water partition coefficient (Wildman–Crippen LogP) is 3.03. The van der Waals surface area contributed by atoms with Gasteiger partial charge in [0.15, 0.2) is 5.01 Å². The lowest BCUT2D eigenvalue weighted by Gasteiger charge is -2.10. The van der Waals surface area contributed by atoms with Gasteiger partial charge in [0.25, 0.3) is 0 Å². The standard InChI is InChI=1S/C10H11BrO2/c1-2-9(12)13-10(11)8-6-4-3-5-7-8/h3-7,10H,2H2,1H3. The average Bonchev–Trinajstić information content (AvgIpc) is 2.19. The highest BCUT2D eigenvalue weighted by Crippen LogP contribution is 2.23. The molecule has 13 heavy (non-hydrogen) atoms. The molecule has 0 saturated carbocycles. The summed E-state index contributed by atoms with van der Waals surface area (Å²) in [6.07, 6.45) is 0.398. The van der Waals surface area contributed by atoms with Crippen molar-refractivity contribution in [1.82, 2.24) is 0 Å². The van der Waals surface area contributed by atoms with Gasteiger partial charge in [0.1, 0.15) is 0 Å². The van der Waals surface area contributed by atoms with Crippen LogP contribution in [0.4, 0.5) is 0 Å². The molecular formula is C10H11BrO2. The number of hydrogen-bond donors (Lipinski definition) is 0. The van der Waals surface area contributed by atoms with Gasteiger partial charge in [0.2, 0.25) is 0 Å². The topological polar surface area (TPSA) is 26.3 Å². The van der Waals surface area contributed by atoms with Crippen LogP contribution < -0.4 is 0 Å². The molecule has 0 aliphatic heterocycles. The largest absolute Gasteiger partial charge is 0.446 e. The number of esters is 1. The zero-order chi connectivity index (χ0) is 9.68. The van der Waals surface area contributed by atoms with Crippen molar-refractivity contribution in [1.29, 1.82) is 0 Å². The molecule has 0 spiro atoms. The highest BCUT2D eigenvalue weighted by atomic mass is 79.9. The number of ether oxygens (including phenoxy) is 1. The minimum atomic E-state index is -0.332. The van der Waals surface area contributed by atoms with Gasteiger partial charge in [0.05, 0.1) is 0 Å². The fraction of sp³-hybridized carbons (Fsp3) is 0.300. The van der Waals surface area contributed by atoms with Gasteiger partial charge in [-0.3, -0.25) is 4.79 Å². The normalized spacial score (nSPS) is 12.2. The molecule has 0 heterocycles. The smallest absolute Gasteiger partial charge is 0.306 e. The van der Waals surface area contributed by atoms with Crippen LogP contribution in [0, 0.1) is 0 Å². The third-order valence-corrected chi connectivity index (χ3v) is 2.30. The zero-order valence-electron chi connectivity index (χ0n) is 7.37.